The van der Waals surface area contributed by atoms with Crippen molar-refractivity contribution in [3.8, 4) is 11.8 Å². The molecule has 0 atom stereocenters. The number of aromatic nitrogens is 2. The summed E-state index contributed by atoms with van der Waals surface area (Å²) in [6.45, 7) is 3.34. The normalized spacial score (nSPS) is 14.4. The lowest BCUT2D eigenvalue weighted by Gasteiger charge is -2.27. The highest BCUT2D eigenvalue weighted by Gasteiger charge is 2.17. The van der Waals surface area contributed by atoms with Crippen LogP contribution in [0.3, 0.4) is 0 Å². The minimum Gasteiger partial charge on any atom is -0.495 e. The summed E-state index contributed by atoms with van der Waals surface area (Å²) in [5.41, 5.74) is 1.28. The molecule has 8 nitrogen and oxygen atoms in total. The third-order valence-electron chi connectivity index (χ3n) is 4.26. The van der Waals surface area contributed by atoms with E-state index in [0.29, 0.717) is 48.1 Å². The molecule has 0 aliphatic carbocycles. The van der Waals surface area contributed by atoms with Crippen molar-refractivity contribution in [1.29, 1.82) is 5.26 Å². The average molecular weight is 372 g/mol. The standard InChI is InChI=1S/C18H21FN6O2/c1-21-17-13(9-20)10-22-18(24-17)23-15-8-14(19)12(7-16(15)26-2)11-25-3-5-27-6-4-25/h7-8,10H,3-6,11H2,1-2H3,(H2,21,22,23,24). The first-order chi connectivity index (χ1) is 13.1. The van der Waals surface area contributed by atoms with Gasteiger partial charge in [0.15, 0.2) is 0 Å². The number of nitrogens with zero attached hydrogens (tertiary/aromatic N) is 4. The van der Waals surface area contributed by atoms with Crippen LogP contribution in [0.25, 0.3) is 0 Å². The maximum atomic E-state index is 14.6. The predicted molar refractivity (Wildman–Crippen MR) is 98.6 cm³/mol. The zero-order chi connectivity index (χ0) is 19.2. The Kier molecular flexibility index (Phi) is 6.01. The molecule has 0 saturated carbocycles. The van der Waals surface area contributed by atoms with Gasteiger partial charge in [-0.1, -0.05) is 0 Å². The van der Waals surface area contributed by atoms with Gasteiger partial charge >= 0.3 is 0 Å². The van der Waals surface area contributed by atoms with Crippen LogP contribution in [-0.2, 0) is 11.3 Å². The highest BCUT2D eigenvalue weighted by molar-refractivity contribution is 5.65. The number of rotatable bonds is 6. The van der Waals surface area contributed by atoms with E-state index in [2.05, 4.69) is 25.5 Å². The molecule has 1 aliphatic rings. The van der Waals surface area contributed by atoms with Crippen LogP contribution in [0.2, 0.25) is 0 Å². The van der Waals surface area contributed by atoms with Crippen LogP contribution in [0.4, 0.5) is 21.8 Å². The molecule has 27 heavy (non-hydrogen) atoms. The van der Waals surface area contributed by atoms with Crippen molar-refractivity contribution in [2.24, 2.45) is 0 Å². The molecule has 142 valence electrons. The van der Waals surface area contributed by atoms with Crippen molar-refractivity contribution in [2.75, 3.05) is 51.1 Å². The van der Waals surface area contributed by atoms with Gasteiger partial charge in [-0.15, -0.1) is 0 Å². The van der Waals surface area contributed by atoms with Crippen LogP contribution >= 0.6 is 0 Å². The first-order valence-electron chi connectivity index (χ1n) is 8.53. The van der Waals surface area contributed by atoms with Gasteiger partial charge in [-0.2, -0.15) is 10.2 Å². The largest absolute Gasteiger partial charge is 0.495 e. The van der Waals surface area contributed by atoms with Crippen LogP contribution < -0.4 is 15.4 Å². The van der Waals surface area contributed by atoms with Crippen LogP contribution in [-0.4, -0.2) is 55.3 Å². The molecule has 1 fully saturated rings. The summed E-state index contributed by atoms with van der Waals surface area (Å²) in [6.07, 6.45) is 1.40. The summed E-state index contributed by atoms with van der Waals surface area (Å²) in [5.74, 6) is 0.765. The van der Waals surface area contributed by atoms with E-state index in [0.717, 1.165) is 13.1 Å². The van der Waals surface area contributed by atoms with Gasteiger partial charge in [0, 0.05) is 38.3 Å². The fourth-order valence-corrected chi connectivity index (χ4v) is 2.82. The zero-order valence-electron chi connectivity index (χ0n) is 15.3. The highest BCUT2D eigenvalue weighted by atomic mass is 19.1. The average Bonchev–Trinajstić information content (AvgIpc) is 2.70. The lowest BCUT2D eigenvalue weighted by Crippen LogP contribution is -2.35. The molecule has 3 rings (SSSR count). The number of halogens is 1. The molecule has 2 heterocycles. The summed E-state index contributed by atoms with van der Waals surface area (Å²) in [7, 11) is 3.18. The zero-order valence-corrected chi connectivity index (χ0v) is 15.3. The second kappa shape index (κ2) is 8.62. The Morgan fingerprint density at radius 2 is 2.15 bits per heavy atom. The maximum absolute atomic E-state index is 14.6. The van der Waals surface area contributed by atoms with E-state index in [1.165, 1.54) is 19.4 Å². The van der Waals surface area contributed by atoms with Gasteiger partial charge in [-0.25, -0.2) is 9.37 Å². The molecule has 0 unspecified atom stereocenters. The fraction of sp³-hybridized carbons (Fsp3) is 0.389. The van der Waals surface area contributed by atoms with Crippen LogP contribution in [0.5, 0.6) is 5.75 Å². The van der Waals surface area contributed by atoms with E-state index in [1.807, 2.05) is 6.07 Å². The van der Waals surface area contributed by atoms with E-state index in [-0.39, 0.29) is 11.8 Å². The van der Waals surface area contributed by atoms with Gasteiger partial charge in [0.2, 0.25) is 5.95 Å². The first kappa shape index (κ1) is 18.8. The number of hydrogen-bond donors (Lipinski definition) is 2. The number of morpholine rings is 1. The van der Waals surface area contributed by atoms with Crippen LogP contribution in [0.1, 0.15) is 11.1 Å². The summed E-state index contributed by atoms with van der Waals surface area (Å²) in [6, 6.07) is 5.05. The van der Waals surface area contributed by atoms with E-state index in [9.17, 15) is 4.39 Å². The summed E-state index contributed by atoms with van der Waals surface area (Å²) in [4.78, 5) is 10.4. The smallest absolute Gasteiger partial charge is 0.229 e. The molecule has 1 aliphatic heterocycles. The Morgan fingerprint density at radius 3 is 2.81 bits per heavy atom. The molecule has 0 radical (unpaired) electrons. The topological polar surface area (TPSA) is 95.3 Å². The Labute approximate surface area is 156 Å². The molecule has 2 N–H and O–H groups in total. The van der Waals surface area contributed by atoms with Crippen molar-refractivity contribution < 1.29 is 13.9 Å². The van der Waals surface area contributed by atoms with Gasteiger partial charge < -0.3 is 20.1 Å². The highest BCUT2D eigenvalue weighted by Crippen LogP contribution is 2.31. The second-order valence-electron chi connectivity index (χ2n) is 5.98. The summed E-state index contributed by atoms with van der Waals surface area (Å²) >= 11 is 0. The first-order valence-corrected chi connectivity index (χ1v) is 8.53. The molecule has 0 amide bonds. The van der Waals surface area contributed by atoms with E-state index < -0.39 is 0 Å². The molecule has 1 aromatic heterocycles. The monoisotopic (exact) mass is 372 g/mol. The molecule has 1 aromatic carbocycles. The van der Waals surface area contributed by atoms with Crippen molar-refractivity contribution in [3.05, 3.63) is 35.3 Å². The molecular weight excluding hydrogens is 351 g/mol. The lowest BCUT2D eigenvalue weighted by molar-refractivity contribution is 0.0337. The van der Waals surface area contributed by atoms with Crippen molar-refractivity contribution in [3.63, 3.8) is 0 Å². The number of hydrogen-bond acceptors (Lipinski definition) is 8. The van der Waals surface area contributed by atoms with Gasteiger partial charge in [-0.05, 0) is 6.07 Å². The Morgan fingerprint density at radius 1 is 1.37 bits per heavy atom. The molecule has 1 saturated heterocycles. The minimum absolute atomic E-state index is 0.233. The lowest BCUT2D eigenvalue weighted by atomic mass is 10.1. The molecular formula is C18H21FN6O2. The third-order valence-corrected chi connectivity index (χ3v) is 4.26. The van der Waals surface area contributed by atoms with Crippen LogP contribution in [0, 0.1) is 17.1 Å². The molecule has 9 heteroatoms. The maximum Gasteiger partial charge on any atom is 0.229 e. The van der Waals surface area contributed by atoms with Gasteiger partial charge in [0.1, 0.15) is 29.0 Å². The number of nitrogens with one attached hydrogen (secondary N) is 2. The van der Waals surface area contributed by atoms with Crippen molar-refractivity contribution >= 4 is 17.5 Å². The van der Waals surface area contributed by atoms with Gasteiger partial charge in [0.05, 0.1) is 32.2 Å². The Balaban J connectivity index is 1.83. The van der Waals surface area contributed by atoms with E-state index in [1.54, 1.807) is 13.1 Å². The number of ether oxygens (including phenoxy) is 2. The quantitative estimate of drug-likeness (QED) is 0.796. The third kappa shape index (κ3) is 4.42. The summed E-state index contributed by atoms with van der Waals surface area (Å²) < 4.78 is 25.4. The van der Waals surface area contributed by atoms with Gasteiger partial charge in [0.25, 0.3) is 0 Å². The van der Waals surface area contributed by atoms with Crippen molar-refractivity contribution in [1.82, 2.24) is 14.9 Å². The summed E-state index contributed by atoms with van der Waals surface area (Å²) in [5, 5.41) is 14.8. The van der Waals surface area contributed by atoms with E-state index in [4.69, 9.17) is 14.7 Å². The fourth-order valence-electron chi connectivity index (χ4n) is 2.82. The second-order valence-corrected chi connectivity index (χ2v) is 5.98. The number of methoxy groups -OCH3 is 1. The number of anilines is 3. The van der Waals surface area contributed by atoms with Gasteiger partial charge in [-0.3, -0.25) is 4.90 Å². The Bertz CT molecular complexity index is 848. The SMILES string of the molecule is CNc1nc(Nc2cc(F)c(CN3CCOCC3)cc2OC)ncc1C#N. The predicted octanol–water partition coefficient (Wildman–Crippen LogP) is 2.11. The molecule has 2 aromatic rings. The van der Waals surface area contributed by atoms with E-state index >= 15 is 0 Å². The Hall–Kier alpha value is -2.96. The number of benzene rings is 1. The minimum atomic E-state index is -0.340. The molecule has 0 bridgehead atoms. The van der Waals surface area contributed by atoms with Crippen molar-refractivity contribution in [2.45, 2.75) is 6.54 Å². The van der Waals surface area contributed by atoms with Crippen LogP contribution in [0.15, 0.2) is 18.3 Å². The number of nitriles is 1. The molecule has 0 spiro atoms.